The fourth-order valence-electron chi connectivity index (χ4n) is 2.16. The van der Waals surface area contributed by atoms with Gasteiger partial charge < -0.3 is 0 Å². The normalized spacial score (nSPS) is 24.8. The Hall–Kier alpha value is -0.990. The van der Waals surface area contributed by atoms with Gasteiger partial charge >= 0.3 is 6.18 Å². The van der Waals surface area contributed by atoms with E-state index in [0.717, 1.165) is 11.1 Å². The highest BCUT2D eigenvalue weighted by molar-refractivity contribution is 5.32. The molecule has 0 N–H and O–H groups in total. The summed E-state index contributed by atoms with van der Waals surface area (Å²) in [5, 5.41) is 0. The molecule has 1 aromatic rings. The van der Waals surface area contributed by atoms with Gasteiger partial charge in [-0.15, -0.1) is 0 Å². The topological polar surface area (TPSA) is 0 Å². The van der Waals surface area contributed by atoms with Gasteiger partial charge in [0, 0.05) is 0 Å². The third kappa shape index (κ3) is 2.64. The zero-order chi connectivity index (χ0) is 12.8. The Bertz CT molecular complexity index is 395. The van der Waals surface area contributed by atoms with Gasteiger partial charge in [0.05, 0.1) is 5.92 Å². The van der Waals surface area contributed by atoms with Gasteiger partial charge in [0.2, 0.25) is 0 Å². The minimum Gasteiger partial charge on any atom is -0.171 e. The van der Waals surface area contributed by atoms with Crippen molar-refractivity contribution in [3.05, 3.63) is 35.4 Å². The van der Waals surface area contributed by atoms with Crippen LogP contribution < -0.4 is 0 Å². The summed E-state index contributed by atoms with van der Waals surface area (Å²) in [5.74, 6) is -1.44. The first-order chi connectivity index (χ1) is 7.69. The van der Waals surface area contributed by atoms with Crippen molar-refractivity contribution in [2.75, 3.05) is 0 Å². The maximum atomic E-state index is 12.4. The van der Waals surface area contributed by atoms with Crippen LogP contribution in [0.4, 0.5) is 13.2 Å². The van der Waals surface area contributed by atoms with Crippen LogP contribution in [0.5, 0.6) is 0 Å². The lowest BCUT2D eigenvalue weighted by atomic mass is 9.86. The number of hydrogen-bond donors (Lipinski definition) is 0. The summed E-state index contributed by atoms with van der Waals surface area (Å²) >= 11 is 0. The minimum atomic E-state index is -4.03. The number of rotatable bonds is 1. The molecule has 1 aliphatic carbocycles. The van der Waals surface area contributed by atoms with E-state index >= 15 is 0 Å². The van der Waals surface area contributed by atoms with Crippen molar-refractivity contribution >= 4 is 0 Å². The van der Waals surface area contributed by atoms with Gasteiger partial charge in [-0.2, -0.15) is 13.2 Å². The van der Waals surface area contributed by atoms with Gasteiger partial charge in [-0.05, 0) is 28.9 Å². The molecule has 0 unspecified atom stereocenters. The van der Waals surface area contributed by atoms with Crippen LogP contribution in [0.2, 0.25) is 0 Å². The van der Waals surface area contributed by atoms with Crippen LogP contribution in [0.25, 0.3) is 0 Å². The van der Waals surface area contributed by atoms with E-state index in [1.807, 2.05) is 24.3 Å². The fraction of sp³-hybridized carbons (Fsp3) is 0.571. The molecule has 1 aliphatic rings. The Morgan fingerprint density at radius 3 is 1.88 bits per heavy atom. The highest BCUT2D eigenvalue weighted by Crippen LogP contribution is 2.56. The lowest BCUT2D eigenvalue weighted by molar-refractivity contribution is -0.148. The van der Waals surface area contributed by atoms with Crippen LogP contribution in [0.3, 0.4) is 0 Å². The van der Waals surface area contributed by atoms with Crippen LogP contribution in [-0.2, 0) is 5.41 Å². The number of alkyl halides is 3. The van der Waals surface area contributed by atoms with Gasteiger partial charge in [-0.25, -0.2) is 0 Å². The Labute approximate surface area is 99.8 Å². The van der Waals surface area contributed by atoms with Gasteiger partial charge in [-0.1, -0.05) is 45.0 Å². The van der Waals surface area contributed by atoms with Crippen molar-refractivity contribution in [3.63, 3.8) is 0 Å². The number of hydrogen-bond acceptors (Lipinski definition) is 0. The largest absolute Gasteiger partial charge is 0.392 e. The van der Waals surface area contributed by atoms with Crippen LogP contribution in [0.1, 0.15) is 44.2 Å². The third-order valence-electron chi connectivity index (χ3n) is 3.42. The molecular formula is C14H17F3. The molecule has 2 rings (SSSR count). The van der Waals surface area contributed by atoms with Crippen LogP contribution >= 0.6 is 0 Å². The molecule has 0 saturated heterocycles. The molecule has 94 valence electrons. The van der Waals surface area contributed by atoms with E-state index in [-0.39, 0.29) is 17.8 Å². The molecule has 0 amide bonds. The van der Waals surface area contributed by atoms with E-state index in [9.17, 15) is 13.2 Å². The van der Waals surface area contributed by atoms with Gasteiger partial charge in [0.25, 0.3) is 0 Å². The molecule has 1 aromatic carbocycles. The van der Waals surface area contributed by atoms with Crippen LogP contribution in [0, 0.1) is 5.92 Å². The molecule has 17 heavy (non-hydrogen) atoms. The van der Waals surface area contributed by atoms with Crippen molar-refractivity contribution in [1.82, 2.24) is 0 Å². The van der Waals surface area contributed by atoms with E-state index in [1.165, 1.54) is 0 Å². The van der Waals surface area contributed by atoms with Gasteiger partial charge in [0.15, 0.2) is 0 Å². The minimum absolute atomic E-state index is 0.0471. The summed E-state index contributed by atoms with van der Waals surface area (Å²) in [5.41, 5.74) is 2.02. The molecular weight excluding hydrogens is 225 g/mol. The first-order valence-corrected chi connectivity index (χ1v) is 5.87. The Morgan fingerprint density at radius 1 is 1.00 bits per heavy atom. The van der Waals surface area contributed by atoms with Crippen molar-refractivity contribution in [1.29, 1.82) is 0 Å². The molecule has 0 radical (unpaired) electrons. The van der Waals surface area contributed by atoms with E-state index in [1.54, 1.807) is 0 Å². The third-order valence-corrected chi connectivity index (χ3v) is 3.42. The fourth-order valence-corrected chi connectivity index (χ4v) is 2.16. The van der Waals surface area contributed by atoms with Crippen molar-refractivity contribution in [2.24, 2.45) is 5.92 Å². The van der Waals surface area contributed by atoms with E-state index in [4.69, 9.17) is 0 Å². The number of halogens is 3. The summed E-state index contributed by atoms with van der Waals surface area (Å²) in [6.07, 6.45) is -3.79. The Balaban J connectivity index is 2.11. The quantitative estimate of drug-likeness (QED) is 0.672. The molecule has 0 heterocycles. The molecule has 1 saturated carbocycles. The first kappa shape index (κ1) is 12.5. The molecule has 3 heteroatoms. The standard InChI is InChI=1S/C14H17F3/c1-13(2,3)10-6-4-9(5-7-10)11-8-12(11)14(15,16)17/h4-7,11-12H,8H2,1-3H3/t11-,12+/m0/s1. The first-order valence-electron chi connectivity index (χ1n) is 5.87. The summed E-state index contributed by atoms with van der Waals surface area (Å²) < 4.78 is 37.3. The van der Waals surface area contributed by atoms with E-state index in [0.29, 0.717) is 0 Å². The maximum Gasteiger partial charge on any atom is 0.392 e. The SMILES string of the molecule is CC(C)(C)c1ccc([C@@H]2C[C@H]2C(F)(F)F)cc1. The zero-order valence-electron chi connectivity index (χ0n) is 10.3. The monoisotopic (exact) mass is 242 g/mol. The molecule has 0 nitrogen and oxygen atoms in total. The second-order valence-electron chi connectivity index (χ2n) is 5.86. The molecule has 0 aliphatic heterocycles. The average molecular weight is 242 g/mol. The summed E-state index contributed by atoms with van der Waals surface area (Å²) in [4.78, 5) is 0. The van der Waals surface area contributed by atoms with Gasteiger partial charge in [-0.3, -0.25) is 0 Å². The molecule has 0 spiro atoms. The lowest BCUT2D eigenvalue weighted by Crippen LogP contribution is -2.12. The summed E-state index contributed by atoms with van der Waals surface area (Å²) in [6, 6.07) is 7.58. The predicted molar refractivity (Wildman–Crippen MR) is 62.0 cm³/mol. The average Bonchev–Trinajstić information content (AvgIpc) is 2.95. The molecule has 0 bridgehead atoms. The summed E-state index contributed by atoms with van der Waals surface area (Å²) in [7, 11) is 0. The van der Waals surface area contributed by atoms with Crippen molar-refractivity contribution in [2.45, 2.75) is 44.7 Å². The molecule has 2 atom stereocenters. The predicted octanol–water partition coefficient (Wildman–Crippen LogP) is 4.65. The maximum absolute atomic E-state index is 12.4. The van der Waals surface area contributed by atoms with Gasteiger partial charge in [0.1, 0.15) is 0 Å². The Morgan fingerprint density at radius 2 is 1.53 bits per heavy atom. The second-order valence-corrected chi connectivity index (χ2v) is 5.86. The zero-order valence-corrected chi connectivity index (χ0v) is 10.3. The van der Waals surface area contributed by atoms with Crippen molar-refractivity contribution in [3.8, 4) is 0 Å². The van der Waals surface area contributed by atoms with Crippen LogP contribution in [0.15, 0.2) is 24.3 Å². The lowest BCUT2D eigenvalue weighted by Gasteiger charge is -2.19. The van der Waals surface area contributed by atoms with Crippen LogP contribution in [-0.4, -0.2) is 6.18 Å². The second kappa shape index (κ2) is 3.76. The van der Waals surface area contributed by atoms with E-state index in [2.05, 4.69) is 20.8 Å². The highest BCUT2D eigenvalue weighted by Gasteiger charge is 2.55. The highest BCUT2D eigenvalue weighted by atomic mass is 19.4. The smallest absolute Gasteiger partial charge is 0.171 e. The molecule has 1 fully saturated rings. The van der Waals surface area contributed by atoms with E-state index < -0.39 is 12.1 Å². The number of benzene rings is 1. The Kier molecular flexibility index (Phi) is 2.75. The molecule has 0 aromatic heterocycles. The summed E-state index contributed by atoms with van der Waals surface area (Å²) in [6.45, 7) is 6.28. The van der Waals surface area contributed by atoms with Crippen molar-refractivity contribution < 1.29 is 13.2 Å².